The maximum Gasteiger partial charge on any atom is 1.00 e. The quantitative estimate of drug-likeness (QED) is 0.335. The summed E-state index contributed by atoms with van der Waals surface area (Å²) < 4.78 is 0. The van der Waals surface area contributed by atoms with Crippen LogP contribution in [-0.4, -0.2) is 28.1 Å². The van der Waals surface area contributed by atoms with E-state index in [1.54, 1.807) is 11.1 Å². The van der Waals surface area contributed by atoms with E-state index >= 15 is 0 Å². The molecule has 0 saturated heterocycles. The minimum atomic E-state index is -0.954. The number of benzene rings is 2. The van der Waals surface area contributed by atoms with E-state index in [4.69, 9.17) is 11.6 Å². The monoisotopic (exact) mass is 539 g/mol. The fourth-order valence-electron chi connectivity index (χ4n) is 6.43. The van der Waals surface area contributed by atoms with Gasteiger partial charge >= 0.3 is 35.5 Å². The molecule has 1 aromatic heterocycles. The number of carboxylic acid groups (broad SMARTS) is 1. The molecular weight excluding hydrogens is 505 g/mol. The zero-order chi connectivity index (χ0) is 25.4. The molecular formula is C31H35ClN3NaO2. The molecule has 0 radical (unpaired) electrons. The number of fused-ring (bicyclic) bond motifs is 1. The van der Waals surface area contributed by atoms with Crippen molar-refractivity contribution in [2.45, 2.75) is 81.2 Å². The largest absolute Gasteiger partial charge is 1.00 e. The Bertz CT molecular complexity index is 1260. The number of carbonyl (C=O) groups is 1. The third-order valence-electron chi connectivity index (χ3n) is 8.43. The molecule has 2 aliphatic carbocycles. The van der Waals surface area contributed by atoms with Gasteiger partial charge in [-0.2, -0.15) is 0 Å². The normalized spacial score (nSPS) is 21.7. The average molecular weight is 540 g/mol. The number of nitrogens with zero attached hydrogens (tertiary/aromatic N) is 2. The maximum atomic E-state index is 12.3. The Kier molecular flexibility index (Phi) is 8.69. The number of carboxylic acids is 1. The molecule has 2 saturated carbocycles. The molecule has 0 amide bonds. The summed E-state index contributed by atoms with van der Waals surface area (Å²) in [6, 6.07) is 18.5. The van der Waals surface area contributed by atoms with Crippen molar-refractivity contribution < 1.29 is 40.9 Å². The first-order chi connectivity index (χ1) is 18.1. The van der Waals surface area contributed by atoms with Crippen molar-refractivity contribution in [3.63, 3.8) is 0 Å². The average Bonchev–Trinajstić information content (AvgIpc) is 3.55. The van der Waals surface area contributed by atoms with Gasteiger partial charge < -0.3 is 16.7 Å². The van der Waals surface area contributed by atoms with Crippen LogP contribution in [0, 0.1) is 0 Å². The van der Waals surface area contributed by atoms with Crippen molar-refractivity contribution in [1.29, 1.82) is 0 Å². The summed E-state index contributed by atoms with van der Waals surface area (Å²) in [5.41, 5.74) is 6.20. The second kappa shape index (κ2) is 12.0. The second-order valence-corrected chi connectivity index (χ2v) is 11.3. The molecule has 2 aromatic carbocycles. The molecule has 3 aliphatic rings. The summed E-state index contributed by atoms with van der Waals surface area (Å²) in [4.78, 5) is 18.8. The maximum absolute atomic E-state index is 12.3. The summed E-state index contributed by atoms with van der Waals surface area (Å²) in [5, 5.41) is 13.0. The molecule has 2 atom stereocenters. The van der Waals surface area contributed by atoms with Crippen LogP contribution in [0.5, 0.6) is 0 Å². The molecule has 7 heteroatoms. The van der Waals surface area contributed by atoms with E-state index in [0.29, 0.717) is 17.8 Å². The van der Waals surface area contributed by atoms with Gasteiger partial charge in [-0.25, -0.2) is 9.78 Å². The SMILES string of the molecule is O=C(O)C1C(Cl)c2cc(-c3ccc(C4CCCCC4)cc3)ccc2N1c1ccc(NC2CCCC2)cn1.[H-].[Na+]. The summed E-state index contributed by atoms with van der Waals surface area (Å²) in [5.74, 6) is 0.315. The number of nitrogens with one attached hydrogen (secondary N) is 1. The molecule has 5 nitrogen and oxygen atoms in total. The first kappa shape index (κ1) is 27.5. The van der Waals surface area contributed by atoms with Gasteiger partial charge in [0.1, 0.15) is 5.82 Å². The molecule has 194 valence electrons. The Hall–Kier alpha value is -2.05. The summed E-state index contributed by atoms with van der Waals surface area (Å²) >= 11 is 6.82. The predicted molar refractivity (Wildman–Crippen MR) is 151 cm³/mol. The third-order valence-corrected chi connectivity index (χ3v) is 8.91. The van der Waals surface area contributed by atoms with Crippen molar-refractivity contribution in [2.75, 3.05) is 10.2 Å². The summed E-state index contributed by atoms with van der Waals surface area (Å²) in [6.45, 7) is 0. The second-order valence-electron chi connectivity index (χ2n) is 10.8. The fraction of sp³-hybridized carbons (Fsp3) is 0.419. The van der Waals surface area contributed by atoms with E-state index in [1.165, 1.54) is 63.4 Å². The first-order valence-corrected chi connectivity index (χ1v) is 14.1. The van der Waals surface area contributed by atoms with Crippen LogP contribution in [0.25, 0.3) is 11.1 Å². The van der Waals surface area contributed by atoms with E-state index < -0.39 is 17.4 Å². The molecule has 2 unspecified atom stereocenters. The number of hydrogen-bond acceptors (Lipinski definition) is 4. The van der Waals surface area contributed by atoms with Gasteiger partial charge in [0, 0.05) is 11.7 Å². The molecule has 0 spiro atoms. The van der Waals surface area contributed by atoms with Crippen molar-refractivity contribution in [1.82, 2.24) is 4.98 Å². The third kappa shape index (κ3) is 5.49. The van der Waals surface area contributed by atoms with Crippen LogP contribution in [0.4, 0.5) is 17.2 Å². The molecule has 6 rings (SSSR count). The number of alkyl halides is 1. The molecule has 1 aliphatic heterocycles. The van der Waals surface area contributed by atoms with Crippen LogP contribution in [0.2, 0.25) is 0 Å². The smallest absolute Gasteiger partial charge is 1.00 e. The van der Waals surface area contributed by atoms with Gasteiger partial charge in [0.15, 0.2) is 6.04 Å². The topological polar surface area (TPSA) is 65.5 Å². The van der Waals surface area contributed by atoms with E-state index in [1.807, 2.05) is 18.2 Å². The van der Waals surface area contributed by atoms with Gasteiger partial charge in [0.05, 0.1) is 17.3 Å². The van der Waals surface area contributed by atoms with Crippen LogP contribution in [0.1, 0.15) is 81.6 Å². The fourth-order valence-corrected chi connectivity index (χ4v) is 6.83. The van der Waals surface area contributed by atoms with Gasteiger partial charge in [-0.3, -0.25) is 0 Å². The number of aliphatic carboxylic acids is 1. The van der Waals surface area contributed by atoms with E-state index in [-0.39, 0.29) is 31.0 Å². The van der Waals surface area contributed by atoms with E-state index in [2.05, 4.69) is 46.7 Å². The van der Waals surface area contributed by atoms with Gasteiger partial charge in [-0.1, -0.05) is 62.4 Å². The van der Waals surface area contributed by atoms with Crippen molar-refractivity contribution in [2.24, 2.45) is 0 Å². The van der Waals surface area contributed by atoms with E-state index in [9.17, 15) is 9.90 Å². The Balaban J connectivity index is 0.00000176. The van der Waals surface area contributed by atoms with Crippen LogP contribution in [0.3, 0.4) is 0 Å². The number of hydrogen-bond donors (Lipinski definition) is 2. The number of halogens is 1. The van der Waals surface area contributed by atoms with Gasteiger partial charge in [-0.05, 0) is 78.1 Å². The van der Waals surface area contributed by atoms with Crippen LogP contribution in [0.15, 0.2) is 60.8 Å². The number of rotatable bonds is 6. The Morgan fingerprint density at radius 1 is 0.921 bits per heavy atom. The predicted octanol–water partition coefficient (Wildman–Crippen LogP) is 5.15. The van der Waals surface area contributed by atoms with Crippen LogP contribution in [-0.2, 0) is 4.79 Å². The Morgan fingerprint density at radius 2 is 1.61 bits per heavy atom. The molecule has 0 bridgehead atoms. The molecule has 2 heterocycles. The number of aromatic nitrogens is 1. The molecule has 3 aromatic rings. The first-order valence-electron chi connectivity index (χ1n) is 13.7. The minimum Gasteiger partial charge on any atom is -1.00 e. The molecule has 2 fully saturated rings. The van der Waals surface area contributed by atoms with Gasteiger partial charge in [0.2, 0.25) is 0 Å². The van der Waals surface area contributed by atoms with Crippen molar-refractivity contribution in [3.05, 3.63) is 71.9 Å². The molecule has 38 heavy (non-hydrogen) atoms. The van der Waals surface area contributed by atoms with Crippen molar-refractivity contribution >= 4 is 34.8 Å². The standard InChI is InChI=1S/C31H34ClN3O2.Na.H/c32-29-26-18-23(22-12-10-21(11-13-22)20-6-2-1-3-7-20)14-16-27(26)35(30(29)31(36)37)28-17-15-25(19-33-28)34-24-8-4-5-9-24;;/h10-20,24,29-30,34H,1-9H2,(H,36,37);;/q;+1;-1. The van der Waals surface area contributed by atoms with Crippen molar-refractivity contribution in [3.8, 4) is 11.1 Å². The van der Waals surface area contributed by atoms with E-state index in [0.717, 1.165) is 28.1 Å². The van der Waals surface area contributed by atoms with Gasteiger partial charge in [0.25, 0.3) is 0 Å². The molecule has 2 N–H and O–H groups in total. The number of anilines is 3. The zero-order valence-electron chi connectivity index (χ0n) is 23.1. The Labute approximate surface area is 253 Å². The Morgan fingerprint density at radius 3 is 2.26 bits per heavy atom. The number of pyridine rings is 1. The van der Waals surface area contributed by atoms with Crippen LogP contribution < -0.4 is 39.8 Å². The van der Waals surface area contributed by atoms with Crippen LogP contribution >= 0.6 is 11.6 Å². The van der Waals surface area contributed by atoms with Gasteiger partial charge in [-0.15, -0.1) is 11.6 Å². The summed E-state index contributed by atoms with van der Waals surface area (Å²) in [6.07, 6.45) is 13.3. The zero-order valence-corrected chi connectivity index (χ0v) is 24.8. The summed E-state index contributed by atoms with van der Waals surface area (Å²) in [7, 11) is 0. The minimum absolute atomic E-state index is 0.